The fourth-order valence-corrected chi connectivity index (χ4v) is 5.51. The van der Waals surface area contributed by atoms with Crippen LogP contribution in [0.2, 0.25) is 5.02 Å². The number of likely N-dealkylation sites (N-methyl/N-ethyl adjacent to an activating group) is 1. The van der Waals surface area contributed by atoms with E-state index >= 15 is 0 Å². The predicted molar refractivity (Wildman–Crippen MR) is 119 cm³/mol. The summed E-state index contributed by atoms with van der Waals surface area (Å²) >= 11 is 5.96. The Bertz CT molecular complexity index is 1170. The summed E-state index contributed by atoms with van der Waals surface area (Å²) in [5.74, 6) is -0.858. The van der Waals surface area contributed by atoms with Crippen LogP contribution < -0.4 is 5.32 Å². The maximum absolute atomic E-state index is 12.9. The van der Waals surface area contributed by atoms with Crippen molar-refractivity contribution in [2.75, 3.05) is 25.0 Å². The molecule has 2 aliphatic rings. The molecule has 0 unspecified atom stereocenters. The monoisotopic (exact) mass is 459 g/mol. The maximum Gasteiger partial charge on any atom is 0.278 e. The maximum atomic E-state index is 12.9. The van der Waals surface area contributed by atoms with Gasteiger partial charge in [0.1, 0.15) is 5.70 Å². The molecule has 2 aliphatic heterocycles. The first-order valence-corrected chi connectivity index (χ1v) is 11.9. The van der Waals surface area contributed by atoms with Gasteiger partial charge in [-0.1, -0.05) is 29.8 Å². The van der Waals surface area contributed by atoms with Gasteiger partial charge in [0.05, 0.1) is 10.5 Å². The number of benzene rings is 2. The quantitative estimate of drug-likeness (QED) is 0.669. The molecule has 2 heterocycles. The number of rotatable bonds is 6. The summed E-state index contributed by atoms with van der Waals surface area (Å²) in [7, 11) is -3.60. The van der Waals surface area contributed by atoms with E-state index in [0.717, 1.165) is 17.7 Å². The summed E-state index contributed by atoms with van der Waals surface area (Å²) in [6, 6.07) is 13.0. The number of anilines is 1. The van der Waals surface area contributed by atoms with Crippen LogP contribution in [0.5, 0.6) is 0 Å². The number of amides is 2. The molecule has 2 amide bonds. The zero-order chi connectivity index (χ0) is 22.2. The van der Waals surface area contributed by atoms with E-state index in [2.05, 4.69) is 5.32 Å². The highest BCUT2D eigenvalue weighted by Crippen LogP contribution is 2.32. The normalized spacial score (nSPS) is 17.7. The number of carbonyl (C=O) groups excluding carboxylic acids is 2. The Morgan fingerprint density at radius 1 is 1.00 bits per heavy atom. The first-order valence-electron chi connectivity index (χ1n) is 10.1. The summed E-state index contributed by atoms with van der Waals surface area (Å²) in [5.41, 5.74) is 1.32. The molecule has 4 rings (SSSR count). The Balaban J connectivity index is 1.73. The molecule has 1 fully saturated rings. The number of nitrogens with one attached hydrogen (secondary N) is 1. The highest BCUT2D eigenvalue weighted by atomic mass is 35.5. The lowest BCUT2D eigenvalue weighted by Gasteiger charge is -2.16. The van der Waals surface area contributed by atoms with E-state index in [0.29, 0.717) is 29.4 Å². The highest BCUT2D eigenvalue weighted by molar-refractivity contribution is 7.89. The second-order valence-corrected chi connectivity index (χ2v) is 9.75. The van der Waals surface area contributed by atoms with Gasteiger partial charge >= 0.3 is 0 Å². The van der Waals surface area contributed by atoms with Gasteiger partial charge in [-0.3, -0.25) is 14.5 Å². The van der Waals surface area contributed by atoms with Crippen molar-refractivity contribution in [2.24, 2.45) is 0 Å². The third-order valence-electron chi connectivity index (χ3n) is 5.42. The van der Waals surface area contributed by atoms with E-state index in [1.54, 1.807) is 43.3 Å². The predicted octanol–water partition coefficient (Wildman–Crippen LogP) is 3.34. The summed E-state index contributed by atoms with van der Waals surface area (Å²) in [4.78, 5) is 27.1. The topological polar surface area (TPSA) is 86.8 Å². The van der Waals surface area contributed by atoms with Crippen LogP contribution in [-0.4, -0.2) is 49.1 Å². The molecule has 2 aromatic rings. The highest BCUT2D eigenvalue weighted by Gasteiger charge is 2.38. The number of imide groups is 1. The minimum Gasteiger partial charge on any atom is -0.350 e. The average Bonchev–Trinajstić information content (AvgIpc) is 3.37. The largest absolute Gasteiger partial charge is 0.350 e. The van der Waals surface area contributed by atoms with E-state index in [1.165, 1.54) is 16.4 Å². The van der Waals surface area contributed by atoms with E-state index in [1.807, 2.05) is 0 Å². The molecule has 0 saturated carbocycles. The zero-order valence-corrected chi connectivity index (χ0v) is 18.5. The molecule has 162 valence electrons. The van der Waals surface area contributed by atoms with Crippen LogP contribution in [-0.2, 0) is 19.6 Å². The number of sulfonamides is 1. The van der Waals surface area contributed by atoms with Gasteiger partial charge in [0, 0.05) is 30.3 Å². The van der Waals surface area contributed by atoms with Gasteiger partial charge in [0.2, 0.25) is 10.0 Å². The van der Waals surface area contributed by atoms with Crippen LogP contribution >= 0.6 is 11.6 Å². The lowest BCUT2D eigenvalue weighted by Crippen LogP contribution is -2.32. The van der Waals surface area contributed by atoms with Crippen LogP contribution in [0.25, 0.3) is 5.57 Å². The third-order valence-corrected chi connectivity index (χ3v) is 7.57. The van der Waals surface area contributed by atoms with Crippen LogP contribution in [0.3, 0.4) is 0 Å². The van der Waals surface area contributed by atoms with Crippen molar-refractivity contribution >= 4 is 44.7 Å². The van der Waals surface area contributed by atoms with Crippen LogP contribution in [0.4, 0.5) is 5.69 Å². The molecule has 9 heteroatoms. The van der Waals surface area contributed by atoms with Gasteiger partial charge in [0.15, 0.2) is 0 Å². The fraction of sp³-hybridized carbons (Fsp3) is 0.273. The molecular formula is C22H22ClN3O4S. The summed E-state index contributed by atoms with van der Waals surface area (Å²) in [6.07, 6.45) is 1.69. The molecule has 1 N–H and O–H groups in total. The Morgan fingerprint density at radius 3 is 2.32 bits per heavy atom. The first-order chi connectivity index (χ1) is 14.8. The van der Waals surface area contributed by atoms with E-state index in [-0.39, 0.29) is 22.7 Å². The van der Waals surface area contributed by atoms with Crippen molar-refractivity contribution in [3.05, 3.63) is 64.8 Å². The molecule has 0 aliphatic carbocycles. The summed E-state index contributed by atoms with van der Waals surface area (Å²) < 4.78 is 27.3. The Labute approximate surface area is 186 Å². The smallest absolute Gasteiger partial charge is 0.278 e. The number of nitrogens with zero attached hydrogens (tertiary/aromatic N) is 2. The Kier molecular flexibility index (Phi) is 5.88. The first kappa shape index (κ1) is 21.5. The lowest BCUT2D eigenvalue weighted by atomic mass is 10.0. The molecule has 7 nitrogen and oxygen atoms in total. The van der Waals surface area contributed by atoms with Crippen LogP contribution in [0.1, 0.15) is 25.3 Å². The van der Waals surface area contributed by atoms with E-state index in [9.17, 15) is 18.0 Å². The molecule has 0 aromatic heterocycles. The zero-order valence-electron chi connectivity index (χ0n) is 17.0. The van der Waals surface area contributed by atoms with Crippen molar-refractivity contribution in [1.82, 2.24) is 9.21 Å². The number of carbonyl (C=O) groups is 2. The molecular weight excluding hydrogens is 438 g/mol. The van der Waals surface area contributed by atoms with Crippen molar-refractivity contribution in [1.29, 1.82) is 0 Å². The fourth-order valence-electron chi connectivity index (χ4n) is 3.82. The Hall–Kier alpha value is -2.68. The third kappa shape index (κ3) is 3.98. The molecule has 0 atom stereocenters. The average molecular weight is 460 g/mol. The van der Waals surface area contributed by atoms with Gasteiger partial charge in [-0.2, -0.15) is 4.31 Å². The molecule has 0 bridgehead atoms. The lowest BCUT2D eigenvalue weighted by molar-refractivity contribution is -0.136. The van der Waals surface area contributed by atoms with Crippen molar-refractivity contribution < 1.29 is 18.0 Å². The van der Waals surface area contributed by atoms with Gasteiger partial charge < -0.3 is 5.32 Å². The van der Waals surface area contributed by atoms with Crippen LogP contribution in [0, 0.1) is 0 Å². The van der Waals surface area contributed by atoms with Crippen molar-refractivity contribution in [3.63, 3.8) is 0 Å². The van der Waals surface area contributed by atoms with E-state index in [4.69, 9.17) is 11.6 Å². The van der Waals surface area contributed by atoms with Gasteiger partial charge in [0.25, 0.3) is 11.8 Å². The summed E-state index contributed by atoms with van der Waals surface area (Å²) in [5, 5.41) is 3.52. The van der Waals surface area contributed by atoms with Crippen molar-refractivity contribution in [3.8, 4) is 0 Å². The van der Waals surface area contributed by atoms with Gasteiger partial charge in [-0.25, -0.2) is 8.42 Å². The SMILES string of the molecule is CCN1C(=O)C(Nc2cccc(S(=O)(=O)N3CCCC3)c2)=C(c2ccc(Cl)cc2)C1=O. The number of hydrogen-bond donors (Lipinski definition) is 1. The summed E-state index contributed by atoms with van der Waals surface area (Å²) in [6.45, 7) is 2.96. The van der Waals surface area contributed by atoms with Gasteiger partial charge in [-0.05, 0) is 55.7 Å². The Morgan fingerprint density at radius 2 is 1.68 bits per heavy atom. The minimum atomic E-state index is -3.60. The number of hydrogen-bond acceptors (Lipinski definition) is 5. The van der Waals surface area contributed by atoms with Crippen molar-refractivity contribution in [2.45, 2.75) is 24.7 Å². The molecule has 0 spiro atoms. The molecule has 2 aromatic carbocycles. The molecule has 31 heavy (non-hydrogen) atoms. The minimum absolute atomic E-state index is 0.116. The van der Waals surface area contributed by atoms with Gasteiger partial charge in [-0.15, -0.1) is 0 Å². The standard InChI is InChI=1S/C22H22ClN3O4S/c1-2-26-21(27)19(15-8-10-16(23)11-9-15)20(22(26)28)24-17-6-5-7-18(14-17)31(29,30)25-12-3-4-13-25/h5-11,14,24H,2-4,12-13H2,1H3. The second kappa shape index (κ2) is 8.45. The molecule has 1 saturated heterocycles. The molecule has 0 radical (unpaired) electrons. The number of halogens is 1. The second-order valence-electron chi connectivity index (χ2n) is 7.38. The van der Waals surface area contributed by atoms with Crippen LogP contribution in [0.15, 0.2) is 59.1 Å². The van der Waals surface area contributed by atoms with E-state index < -0.39 is 21.8 Å².